The topological polar surface area (TPSA) is 0 Å². The normalized spacial score (nSPS) is 9.67. The number of hydrogen-bond acceptors (Lipinski definition) is 0. The molecule has 0 spiro atoms. The van der Waals surface area contributed by atoms with Crippen molar-refractivity contribution in [2.45, 2.75) is 19.1 Å². The second kappa shape index (κ2) is 8.12. The van der Waals surface area contributed by atoms with Crippen molar-refractivity contribution in [1.82, 2.24) is 0 Å². The lowest BCUT2D eigenvalue weighted by Crippen LogP contribution is -2.05. The minimum atomic E-state index is 0.569. The van der Waals surface area contributed by atoms with E-state index in [2.05, 4.69) is 31.8 Å². The molecule has 0 aromatic heterocycles. The molecule has 0 saturated heterocycles. The Morgan fingerprint density at radius 3 is 1.92 bits per heavy atom. The Hall–Kier alpha value is -0.975. The molecule has 12 heavy (non-hydrogen) atoms. The molecule has 0 N–H and O–H groups in total. The minimum Gasteiger partial charge on any atom is -0.118 e. The molecule has 0 rings (SSSR count). The highest BCUT2D eigenvalue weighted by Gasteiger charge is 2.03. The smallest absolute Gasteiger partial charge is 0.118 e. The first-order valence-corrected chi connectivity index (χ1v) is 4.34. The fourth-order valence-corrected chi connectivity index (χ4v) is 1.05. The van der Waals surface area contributed by atoms with Crippen LogP contribution in [0.1, 0.15) is 6.42 Å². The Morgan fingerprint density at radius 1 is 0.917 bits per heavy atom. The van der Waals surface area contributed by atoms with Crippen molar-refractivity contribution in [3.63, 3.8) is 0 Å². The quantitative estimate of drug-likeness (QED) is 0.394. The predicted octanol–water partition coefficient (Wildman–Crippen LogP) is 3.52. The predicted molar refractivity (Wildman–Crippen MR) is 59.7 cm³/mol. The van der Waals surface area contributed by atoms with Crippen molar-refractivity contribution in [2.24, 2.45) is 0 Å². The van der Waals surface area contributed by atoms with Crippen LogP contribution < -0.4 is 0 Å². The van der Waals surface area contributed by atoms with E-state index in [1.165, 1.54) is 0 Å². The lowest BCUT2D eigenvalue weighted by molar-refractivity contribution is 1.41. The van der Waals surface area contributed by atoms with Crippen LogP contribution in [0.4, 0.5) is 0 Å². The molecule has 0 unspecified atom stereocenters. The summed E-state index contributed by atoms with van der Waals surface area (Å²) >= 11 is 0. The van der Waals surface area contributed by atoms with Gasteiger partial charge in [0.1, 0.15) is 0 Å². The standard InChI is InChI=1S/C11H17B/c1-4-7-8-11-12(9-5-2)10-6-3/h4-6,8,11H,1-3,7,9-10H2/b11-8-. The van der Waals surface area contributed by atoms with Gasteiger partial charge in [-0.2, -0.15) is 0 Å². The average Bonchev–Trinajstić information content (AvgIpc) is 2.06. The van der Waals surface area contributed by atoms with Gasteiger partial charge in [-0.25, -0.2) is 0 Å². The molecule has 1 heteroatoms. The third kappa shape index (κ3) is 5.78. The molecule has 64 valence electrons. The van der Waals surface area contributed by atoms with Crippen LogP contribution in [-0.4, -0.2) is 6.71 Å². The van der Waals surface area contributed by atoms with E-state index in [9.17, 15) is 0 Å². The highest BCUT2D eigenvalue weighted by molar-refractivity contribution is 6.65. The number of hydrogen-bond donors (Lipinski definition) is 0. The van der Waals surface area contributed by atoms with Crippen molar-refractivity contribution < 1.29 is 0 Å². The summed E-state index contributed by atoms with van der Waals surface area (Å²) in [7, 11) is 0. The van der Waals surface area contributed by atoms with Gasteiger partial charge in [-0.15, -0.1) is 25.7 Å². The van der Waals surface area contributed by atoms with Crippen LogP contribution in [0.2, 0.25) is 12.6 Å². The minimum absolute atomic E-state index is 0.569. The summed E-state index contributed by atoms with van der Waals surface area (Å²) in [5.74, 6) is 2.21. The highest BCUT2D eigenvalue weighted by atomic mass is 13.7. The zero-order valence-electron chi connectivity index (χ0n) is 7.71. The number of allylic oxidation sites excluding steroid dienone is 4. The SMILES string of the molecule is C=CC/C=C\B(CC=C)CC=C. The molecular weight excluding hydrogens is 143 g/mol. The van der Waals surface area contributed by atoms with Crippen molar-refractivity contribution >= 4 is 6.71 Å². The van der Waals surface area contributed by atoms with E-state index in [1.54, 1.807) is 0 Å². The summed E-state index contributed by atoms with van der Waals surface area (Å²) in [5.41, 5.74) is 0. The Morgan fingerprint density at radius 2 is 1.50 bits per heavy atom. The van der Waals surface area contributed by atoms with Gasteiger partial charge in [-0.1, -0.05) is 36.9 Å². The molecule has 0 aliphatic heterocycles. The Kier molecular flexibility index (Phi) is 7.46. The van der Waals surface area contributed by atoms with E-state index in [0.29, 0.717) is 6.71 Å². The first kappa shape index (κ1) is 11.0. The Labute approximate surface area is 76.5 Å². The zero-order valence-corrected chi connectivity index (χ0v) is 7.71. The summed E-state index contributed by atoms with van der Waals surface area (Å²) in [6, 6.07) is 0. The van der Waals surface area contributed by atoms with Gasteiger partial charge in [0.15, 0.2) is 6.71 Å². The molecule has 0 aromatic rings. The largest absolute Gasteiger partial charge is 0.173 e. The summed E-state index contributed by atoms with van der Waals surface area (Å²) < 4.78 is 0. The van der Waals surface area contributed by atoms with E-state index in [0.717, 1.165) is 19.1 Å². The van der Waals surface area contributed by atoms with Crippen LogP contribution >= 0.6 is 0 Å². The molecule has 0 nitrogen and oxygen atoms in total. The van der Waals surface area contributed by atoms with Crippen molar-refractivity contribution in [2.75, 3.05) is 0 Å². The van der Waals surface area contributed by atoms with Crippen LogP contribution in [0, 0.1) is 0 Å². The Balaban J connectivity index is 3.82. The molecule has 0 atom stereocenters. The van der Waals surface area contributed by atoms with E-state index in [1.807, 2.05) is 18.2 Å². The fraction of sp³-hybridized carbons (Fsp3) is 0.273. The number of rotatable bonds is 7. The van der Waals surface area contributed by atoms with Crippen LogP contribution in [0.5, 0.6) is 0 Å². The van der Waals surface area contributed by atoms with Crippen molar-refractivity contribution in [3.05, 3.63) is 50.0 Å². The molecule has 0 fully saturated rings. The van der Waals surface area contributed by atoms with Gasteiger partial charge in [0.25, 0.3) is 0 Å². The first-order valence-electron chi connectivity index (χ1n) is 4.34. The summed E-state index contributed by atoms with van der Waals surface area (Å²) in [6.07, 6.45) is 10.9. The van der Waals surface area contributed by atoms with Gasteiger partial charge < -0.3 is 0 Å². The monoisotopic (exact) mass is 160 g/mol. The van der Waals surface area contributed by atoms with Crippen LogP contribution in [0.15, 0.2) is 50.0 Å². The Bertz CT molecular complexity index is 158. The maximum absolute atomic E-state index is 3.72. The second-order valence-electron chi connectivity index (χ2n) is 2.76. The van der Waals surface area contributed by atoms with Crippen LogP contribution in [0.25, 0.3) is 0 Å². The molecule has 0 heterocycles. The van der Waals surface area contributed by atoms with Crippen LogP contribution in [-0.2, 0) is 0 Å². The van der Waals surface area contributed by atoms with Gasteiger partial charge in [-0.3, -0.25) is 0 Å². The average molecular weight is 160 g/mol. The van der Waals surface area contributed by atoms with Crippen molar-refractivity contribution in [3.8, 4) is 0 Å². The third-order valence-corrected chi connectivity index (χ3v) is 1.65. The highest BCUT2D eigenvalue weighted by Crippen LogP contribution is 2.03. The fourth-order valence-electron chi connectivity index (χ4n) is 1.05. The van der Waals surface area contributed by atoms with Gasteiger partial charge in [0, 0.05) is 0 Å². The molecule has 0 aliphatic carbocycles. The van der Waals surface area contributed by atoms with Gasteiger partial charge in [0.2, 0.25) is 0 Å². The lowest BCUT2D eigenvalue weighted by atomic mass is 9.45. The van der Waals surface area contributed by atoms with Crippen LogP contribution in [0.3, 0.4) is 0 Å². The maximum Gasteiger partial charge on any atom is 0.173 e. The van der Waals surface area contributed by atoms with E-state index in [4.69, 9.17) is 0 Å². The molecule has 0 aromatic carbocycles. The van der Waals surface area contributed by atoms with Crippen molar-refractivity contribution in [1.29, 1.82) is 0 Å². The third-order valence-electron chi connectivity index (χ3n) is 1.65. The molecule has 0 aliphatic rings. The van der Waals surface area contributed by atoms with Gasteiger partial charge >= 0.3 is 0 Å². The molecule has 0 radical (unpaired) electrons. The molecule has 0 saturated carbocycles. The molecule has 0 amide bonds. The van der Waals surface area contributed by atoms with E-state index >= 15 is 0 Å². The molecule has 0 bridgehead atoms. The second-order valence-corrected chi connectivity index (χ2v) is 2.76. The first-order chi connectivity index (χ1) is 5.85. The maximum atomic E-state index is 3.72. The lowest BCUT2D eigenvalue weighted by Gasteiger charge is -2.00. The van der Waals surface area contributed by atoms with E-state index < -0.39 is 0 Å². The molecular formula is C11H17B. The summed E-state index contributed by atoms with van der Waals surface area (Å²) in [6.45, 7) is 11.7. The summed E-state index contributed by atoms with van der Waals surface area (Å²) in [4.78, 5) is 0. The van der Waals surface area contributed by atoms with E-state index in [-0.39, 0.29) is 0 Å². The summed E-state index contributed by atoms with van der Waals surface area (Å²) in [5, 5.41) is 0. The zero-order chi connectivity index (χ0) is 9.23. The van der Waals surface area contributed by atoms with Gasteiger partial charge in [-0.05, 0) is 6.42 Å². The van der Waals surface area contributed by atoms with Gasteiger partial charge in [0.05, 0.1) is 0 Å².